The molecule has 2 heterocycles. The summed E-state index contributed by atoms with van der Waals surface area (Å²) in [7, 11) is 0. The first-order chi connectivity index (χ1) is 14.3. The van der Waals surface area contributed by atoms with Gasteiger partial charge in [-0.3, -0.25) is 14.4 Å². The van der Waals surface area contributed by atoms with Crippen LogP contribution in [-0.4, -0.2) is 66.9 Å². The van der Waals surface area contributed by atoms with Crippen LogP contribution in [0.1, 0.15) is 43.5 Å². The van der Waals surface area contributed by atoms with Crippen molar-refractivity contribution in [3.8, 4) is 0 Å². The molecule has 0 spiro atoms. The van der Waals surface area contributed by atoms with E-state index in [1.165, 1.54) is 0 Å². The number of anilines is 1. The Kier molecular flexibility index (Phi) is 7.88. The number of nitrogens with zero attached hydrogens (tertiary/aromatic N) is 2. The molecule has 0 saturated carbocycles. The molecule has 0 aliphatic carbocycles. The highest BCUT2D eigenvalue weighted by atomic mass is 79.9. The predicted octanol–water partition coefficient (Wildman–Crippen LogP) is 3.14. The predicted molar refractivity (Wildman–Crippen MR) is 118 cm³/mol. The molecule has 8 heteroatoms. The Hall–Kier alpha value is -1.93. The minimum atomic E-state index is -0.270. The highest BCUT2D eigenvalue weighted by Crippen LogP contribution is 2.27. The number of piperidine rings is 1. The summed E-state index contributed by atoms with van der Waals surface area (Å²) in [4.78, 5) is 41.6. The molecule has 2 aliphatic rings. The van der Waals surface area contributed by atoms with Crippen LogP contribution < -0.4 is 5.32 Å². The topological polar surface area (TPSA) is 79.0 Å². The molecular weight excluding hydrogens is 450 g/mol. The second kappa shape index (κ2) is 10.4. The Morgan fingerprint density at radius 1 is 1.07 bits per heavy atom. The summed E-state index contributed by atoms with van der Waals surface area (Å²) in [5.74, 6) is 0.516. The molecule has 164 valence electrons. The second-order valence-corrected chi connectivity index (χ2v) is 9.30. The number of morpholine rings is 1. The SMILES string of the molecule is C[C@@H]1C[C@H](C)CN(C(=O)c2cc(Br)ccc2NC(=O)CCC(=O)N2CCOCC2)C1. The number of carbonyl (C=O) groups excluding carboxylic acids is 3. The van der Waals surface area contributed by atoms with Crippen molar-refractivity contribution in [3.63, 3.8) is 0 Å². The zero-order valence-corrected chi connectivity index (χ0v) is 19.2. The van der Waals surface area contributed by atoms with Crippen LogP contribution >= 0.6 is 15.9 Å². The van der Waals surface area contributed by atoms with E-state index in [1.807, 2.05) is 4.90 Å². The van der Waals surface area contributed by atoms with Gasteiger partial charge < -0.3 is 19.9 Å². The molecule has 2 atom stereocenters. The number of amides is 3. The molecule has 2 fully saturated rings. The summed E-state index contributed by atoms with van der Waals surface area (Å²) in [5.41, 5.74) is 0.955. The monoisotopic (exact) mass is 479 g/mol. The van der Waals surface area contributed by atoms with Gasteiger partial charge in [0, 0.05) is 43.5 Å². The van der Waals surface area contributed by atoms with Gasteiger partial charge in [0.25, 0.3) is 5.91 Å². The summed E-state index contributed by atoms with van der Waals surface area (Å²) in [5, 5.41) is 2.84. The zero-order chi connectivity index (χ0) is 21.7. The van der Waals surface area contributed by atoms with E-state index in [1.54, 1.807) is 23.1 Å². The van der Waals surface area contributed by atoms with Gasteiger partial charge in [-0.15, -0.1) is 0 Å². The third kappa shape index (κ3) is 6.04. The van der Waals surface area contributed by atoms with Crippen molar-refractivity contribution in [2.24, 2.45) is 11.8 Å². The number of hydrogen-bond acceptors (Lipinski definition) is 4. The molecule has 0 aromatic heterocycles. The van der Waals surface area contributed by atoms with Crippen molar-refractivity contribution in [2.75, 3.05) is 44.7 Å². The van der Waals surface area contributed by atoms with Crippen LogP contribution in [0.5, 0.6) is 0 Å². The normalized spacial score (nSPS) is 22.0. The van der Waals surface area contributed by atoms with E-state index in [0.29, 0.717) is 49.4 Å². The van der Waals surface area contributed by atoms with Crippen molar-refractivity contribution in [1.82, 2.24) is 9.80 Å². The fraction of sp³-hybridized carbons (Fsp3) is 0.591. The van der Waals surface area contributed by atoms with Crippen LogP contribution in [0.25, 0.3) is 0 Å². The van der Waals surface area contributed by atoms with Crippen molar-refractivity contribution >= 4 is 39.3 Å². The first-order valence-corrected chi connectivity index (χ1v) is 11.4. The van der Waals surface area contributed by atoms with Crippen molar-refractivity contribution < 1.29 is 19.1 Å². The van der Waals surface area contributed by atoms with Crippen LogP contribution in [0.3, 0.4) is 0 Å². The molecule has 3 amide bonds. The standard InChI is InChI=1S/C22H30BrN3O4/c1-15-11-16(2)14-26(13-15)22(29)18-12-17(23)3-4-19(18)24-20(27)5-6-21(28)25-7-9-30-10-8-25/h3-4,12,15-16H,5-11,13-14H2,1-2H3,(H,24,27)/t15-,16+. The van der Waals surface area contributed by atoms with Gasteiger partial charge in [-0.25, -0.2) is 0 Å². The Balaban J connectivity index is 1.63. The number of nitrogens with one attached hydrogen (secondary N) is 1. The van der Waals surface area contributed by atoms with E-state index < -0.39 is 0 Å². The molecule has 2 aliphatic heterocycles. The summed E-state index contributed by atoms with van der Waals surface area (Å²) >= 11 is 3.43. The van der Waals surface area contributed by atoms with Gasteiger partial charge in [0.1, 0.15) is 0 Å². The van der Waals surface area contributed by atoms with Crippen LogP contribution in [0.4, 0.5) is 5.69 Å². The van der Waals surface area contributed by atoms with Crippen molar-refractivity contribution in [2.45, 2.75) is 33.1 Å². The number of hydrogen-bond donors (Lipinski definition) is 1. The molecule has 2 saturated heterocycles. The lowest BCUT2D eigenvalue weighted by Gasteiger charge is -2.35. The molecule has 1 N–H and O–H groups in total. The van der Waals surface area contributed by atoms with E-state index in [0.717, 1.165) is 24.0 Å². The third-order valence-electron chi connectivity index (χ3n) is 5.57. The summed E-state index contributed by atoms with van der Waals surface area (Å²) in [6, 6.07) is 5.28. The van der Waals surface area contributed by atoms with Gasteiger partial charge in [0.05, 0.1) is 24.5 Å². The van der Waals surface area contributed by atoms with E-state index >= 15 is 0 Å². The van der Waals surface area contributed by atoms with Crippen molar-refractivity contribution in [1.29, 1.82) is 0 Å². The van der Waals surface area contributed by atoms with Gasteiger partial charge in [-0.05, 0) is 36.5 Å². The molecule has 1 aromatic rings. The van der Waals surface area contributed by atoms with Crippen LogP contribution in [0, 0.1) is 11.8 Å². The largest absolute Gasteiger partial charge is 0.378 e. The van der Waals surface area contributed by atoms with Gasteiger partial charge in [-0.1, -0.05) is 29.8 Å². The third-order valence-corrected chi connectivity index (χ3v) is 6.07. The van der Waals surface area contributed by atoms with Crippen LogP contribution in [0.15, 0.2) is 22.7 Å². The number of benzene rings is 1. The lowest BCUT2D eigenvalue weighted by atomic mass is 9.91. The van der Waals surface area contributed by atoms with E-state index in [2.05, 4.69) is 35.1 Å². The number of rotatable bonds is 5. The quantitative estimate of drug-likeness (QED) is 0.703. The average molecular weight is 480 g/mol. The number of carbonyl (C=O) groups is 3. The van der Waals surface area contributed by atoms with Gasteiger partial charge >= 0.3 is 0 Å². The zero-order valence-electron chi connectivity index (χ0n) is 17.7. The molecular formula is C22H30BrN3O4. The van der Waals surface area contributed by atoms with Crippen molar-refractivity contribution in [3.05, 3.63) is 28.2 Å². The Morgan fingerprint density at radius 2 is 1.73 bits per heavy atom. The average Bonchev–Trinajstić information content (AvgIpc) is 2.72. The van der Waals surface area contributed by atoms with Gasteiger partial charge in [0.2, 0.25) is 11.8 Å². The maximum Gasteiger partial charge on any atom is 0.256 e. The summed E-state index contributed by atoms with van der Waals surface area (Å²) < 4.78 is 6.03. The van der Waals surface area contributed by atoms with E-state index in [4.69, 9.17) is 4.74 Å². The Morgan fingerprint density at radius 3 is 2.40 bits per heavy atom. The lowest BCUT2D eigenvalue weighted by Crippen LogP contribution is -2.42. The molecule has 7 nitrogen and oxygen atoms in total. The Labute approximate surface area is 186 Å². The summed E-state index contributed by atoms with van der Waals surface area (Å²) in [6.45, 7) is 7.97. The highest BCUT2D eigenvalue weighted by molar-refractivity contribution is 9.10. The van der Waals surface area contributed by atoms with Crippen LogP contribution in [-0.2, 0) is 14.3 Å². The molecule has 0 radical (unpaired) electrons. The Bertz CT molecular complexity index is 785. The number of likely N-dealkylation sites (tertiary alicyclic amines) is 1. The maximum absolute atomic E-state index is 13.2. The molecule has 3 rings (SSSR count). The molecule has 0 bridgehead atoms. The lowest BCUT2D eigenvalue weighted by molar-refractivity contribution is -0.136. The van der Waals surface area contributed by atoms with Gasteiger partial charge in [-0.2, -0.15) is 0 Å². The van der Waals surface area contributed by atoms with E-state index in [-0.39, 0.29) is 30.6 Å². The number of halogens is 1. The smallest absolute Gasteiger partial charge is 0.256 e. The fourth-order valence-corrected chi connectivity index (χ4v) is 4.57. The van der Waals surface area contributed by atoms with Gasteiger partial charge in [0.15, 0.2) is 0 Å². The highest BCUT2D eigenvalue weighted by Gasteiger charge is 2.28. The van der Waals surface area contributed by atoms with E-state index in [9.17, 15) is 14.4 Å². The molecule has 30 heavy (non-hydrogen) atoms. The minimum absolute atomic E-state index is 0.0446. The first-order valence-electron chi connectivity index (χ1n) is 10.6. The first kappa shape index (κ1) is 22.7. The minimum Gasteiger partial charge on any atom is -0.378 e. The van der Waals surface area contributed by atoms with Crippen LogP contribution in [0.2, 0.25) is 0 Å². The summed E-state index contributed by atoms with van der Waals surface area (Å²) in [6.07, 6.45) is 1.34. The number of ether oxygens (including phenoxy) is 1. The second-order valence-electron chi connectivity index (χ2n) is 8.39. The molecule has 1 aromatic carbocycles. The molecule has 0 unspecified atom stereocenters. The fourth-order valence-electron chi connectivity index (χ4n) is 4.21. The maximum atomic E-state index is 13.2.